The maximum Gasteiger partial charge on any atom is 0.222 e. The highest BCUT2D eigenvalue weighted by atomic mass is 127. The molecule has 0 saturated heterocycles. The van der Waals surface area contributed by atoms with Crippen LogP contribution in [0.4, 0.5) is 0 Å². The lowest BCUT2D eigenvalue weighted by Gasteiger charge is -2.29. The van der Waals surface area contributed by atoms with Crippen LogP contribution in [0.1, 0.15) is 43.2 Å². The Kier molecular flexibility index (Phi) is 9.32. The highest BCUT2D eigenvalue weighted by Gasteiger charge is 2.22. The number of carbonyl (C=O) groups excluding carboxylic acids is 1. The van der Waals surface area contributed by atoms with E-state index in [9.17, 15) is 4.79 Å². The van der Waals surface area contributed by atoms with Crippen molar-refractivity contribution in [2.45, 2.75) is 45.1 Å². The molecule has 3 N–H and O–H groups in total. The molecule has 0 bridgehead atoms. The predicted octanol–water partition coefficient (Wildman–Crippen LogP) is 2.69. The van der Waals surface area contributed by atoms with Crippen molar-refractivity contribution in [1.82, 2.24) is 10.2 Å². The summed E-state index contributed by atoms with van der Waals surface area (Å²) in [5.41, 5.74) is 8.23. The Balaban J connectivity index is 0.00000300. The number of hydrogen-bond acceptors (Lipinski definition) is 4. The zero-order valence-corrected chi connectivity index (χ0v) is 19.7. The monoisotopic (exact) mass is 516 g/mol. The van der Waals surface area contributed by atoms with Gasteiger partial charge >= 0.3 is 0 Å². The van der Waals surface area contributed by atoms with E-state index < -0.39 is 0 Å². The summed E-state index contributed by atoms with van der Waals surface area (Å²) < 4.78 is 10.8. The third kappa shape index (κ3) is 6.38. The molecule has 0 aromatic heterocycles. The summed E-state index contributed by atoms with van der Waals surface area (Å²) in [5.74, 6) is 2.82. The van der Waals surface area contributed by atoms with E-state index in [1.807, 2.05) is 17.0 Å². The minimum absolute atomic E-state index is 0. The van der Waals surface area contributed by atoms with Gasteiger partial charge in [0.15, 0.2) is 17.5 Å². The topological polar surface area (TPSA) is 89.2 Å². The molecule has 29 heavy (non-hydrogen) atoms. The Morgan fingerprint density at radius 3 is 2.55 bits per heavy atom. The lowest BCUT2D eigenvalue weighted by atomic mass is 9.86. The fraction of sp³-hybridized carbons (Fsp3) is 0.619. The number of fused-ring (bicyclic) bond motifs is 1. The fourth-order valence-corrected chi connectivity index (χ4v) is 3.67. The second-order valence-electron chi connectivity index (χ2n) is 7.59. The van der Waals surface area contributed by atoms with Crippen molar-refractivity contribution in [3.05, 3.63) is 23.3 Å². The van der Waals surface area contributed by atoms with E-state index in [2.05, 4.69) is 10.3 Å². The molecule has 1 amide bonds. The van der Waals surface area contributed by atoms with Crippen molar-refractivity contribution >= 4 is 35.8 Å². The van der Waals surface area contributed by atoms with Gasteiger partial charge in [0, 0.05) is 32.6 Å². The van der Waals surface area contributed by atoms with E-state index in [1.54, 1.807) is 14.2 Å². The second-order valence-corrected chi connectivity index (χ2v) is 7.59. The van der Waals surface area contributed by atoms with Gasteiger partial charge in [0.25, 0.3) is 0 Å². The second kappa shape index (κ2) is 11.5. The average Bonchev–Trinajstić information content (AvgIpc) is 2.68. The number of benzene rings is 1. The third-order valence-corrected chi connectivity index (χ3v) is 5.69. The molecule has 2 aliphatic rings. The maximum atomic E-state index is 12.6. The number of methoxy groups -OCH3 is 2. The number of guanidine groups is 1. The van der Waals surface area contributed by atoms with Gasteiger partial charge in [-0.25, -0.2) is 0 Å². The Morgan fingerprint density at radius 2 is 1.93 bits per heavy atom. The fourth-order valence-electron chi connectivity index (χ4n) is 3.67. The first kappa shape index (κ1) is 23.6. The van der Waals surface area contributed by atoms with E-state index in [-0.39, 0.29) is 29.9 Å². The van der Waals surface area contributed by atoms with Gasteiger partial charge in [-0.15, -0.1) is 24.0 Å². The van der Waals surface area contributed by atoms with E-state index in [0.29, 0.717) is 37.1 Å². The summed E-state index contributed by atoms with van der Waals surface area (Å²) in [6.07, 6.45) is 5.93. The molecule has 0 spiro atoms. The summed E-state index contributed by atoms with van der Waals surface area (Å²) in [5, 5.41) is 3.11. The first-order valence-electron chi connectivity index (χ1n) is 10.2. The minimum atomic E-state index is 0. The highest BCUT2D eigenvalue weighted by Crippen LogP contribution is 2.33. The molecule has 162 valence electrons. The molecule has 0 unspecified atom stereocenters. The first-order valence-corrected chi connectivity index (χ1v) is 10.2. The van der Waals surface area contributed by atoms with Crippen LogP contribution in [0.15, 0.2) is 17.1 Å². The van der Waals surface area contributed by atoms with Crippen molar-refractivity contribution in [2.24, 2.45) is 16.6 Å². The molecule has 1 aliphatic heterocycles. The van der Waals surface area contributed by atoms with Gasteiger partial charge in [-0.05, 0) is 54.9 Å². The zero-order chi connectivity index (χ0) is 19.9. The third-order valence-electron chi connectivity index (χ3n) is 5.69. The molecule has 1 fully saturated rings. The number of nitrogens with one attached hydrogen (secondary N) is 1. The van der Waals surface area contributed by atoms with Crippen LogP contribution in [0, 0.1) is 5.92 Å². The molecule has 3 rings (SSSR count). The molecule has 0 atom stereocenters. The SMILES string of the molecule is COc1cc2c(cc1OC)CN(C(=O)CCCNC(N)=NCC1CCC1)CC2.I. The molecule has 7 nitrogen and oxygen atoms in total. The number of halogens is 1. The van der Waals surface area contributed by atoms with Gasteiger partial charge in [-0.3, -0.25) is 9.79 Å². The number of nitrogens with two attached hydrogens (primary N) is 1. The van der Waals surface area contributed by atoms with Gasteiger partial charge in [-0.1, -0.05) is 6.42 Å². The van der Waals surface area contributed by atoms with Crippen LogP contribution in [-0.2, 0) is 17.8 Å². The lowest BCUT2D eigenvalue weighted by molar-refractivity contribution is -0.132. The van der Waals surface area contributed by atoms with Crippen molar-refractivity contribution in [3.8, 4) is 11.5 Å². The molecular formula is C21H33IN4O3. The summed E-state index contributed by atoms with van der Waals surface area (Å²) in [7, 11) is 3.27. The number of carbonyl (C=O) groups is 1. The Bertz CT molecular complexity index is 722. The highest BCUT2D eigenvalue weighted by molar-refractivity contribution is 14.0. The Morgan fingerprint density at radius 1 is 1.24 bits per heavy atom. The van der Waals surface area contributed by atoms with Crippen molar-refractivity contribution in [1.29, 1.82) is 0 Å². The Labute approximate surface area is 190 Å². The van der Waals surface area contributed by atoms with Crippen LogP contribution >= 0.6 is 24.0 Å². The maximum absolute atomic E-state index is 12.6. The molecule has 1 aliphatic carbocycles. The minimum Gasteiger partial charge on any atom is -0.493 e. The van der Waals surface area contributed by atoms with Gasteiger partial charge in [-0.2, -0.15) is 0 Å². The van der Waals surface area contributed by atoms with Crippen LogP contribution in [0.5, 0.6) is 11.5 Å². The summed E-state index contributed by atoms with van der Waals surface area (Å²) >= 11 is 0. The smallest absolute Gasteiger partial charge is 0.222 e. The molecular weight excluding hydrogens is 483 g/mol. The lowest BCUT2D eigenvalue weighted by Crippen LogP contribution is -2.37. The van der Waals surface area contributed by atoms with Crippen LogP contribution < -0.4 is 20.5 Å². The van der Waals surface area contributed by atoms with Crippen LogP contribution in [0.25, 0.3) is 0 Å². The quantitative estimate of drug-likeness (QED) is 0.240. The molecule has 1 heterocycles. The Hall–Kier alpha value is -1.71. The summed E-state index contributed by atoms with van der Waals surface area (Å²) in [6.45, 7) is 2.84. The number of aliphatic imine (C=N–C) groups is 1. The molecule has 1 aromatic carbocycles. The van der Waals surface area contributed by atoms with E-state index in [0.717, 1.165) is 37.2 Å². The molecule has 1 aromatic rings. The van der Waals surface area contributed by atoms with Crippen molar-refractivity contribution < 1.29 is 14.3 Å². The molecule has 0 radical (unpaired) electrons. The van der Waals surface area contributed by atoms with Crippen LogP contribution in [-0.4, -0.2) is 50.6 Å². The van der Waals surface area contributed by atoms with Gasteiger partial charge in [0.1, 0.15) is 0 Å². The number of rotatable bonds is 8. The molecule has 1 saturated carbocycles. The van der Waals surface area contributed by atoms with Gasteiger partial charge < -0.3 is 25.4 Å². The summed E-state index contributed by atoms with van der Waals surface area (Å²) in [6, 6.07) is 4.00. The number of ether oxygens (including phenoxy) is 2. The van der Waals surface area contributed by atoms with Crippen molar-refractivity contribution in [2.75, 3.05) is 33.9 Å². The van der Waals surface area contributed by atoms with E-state index in [1.165, 1.54) is 24.8 Å². The van der Waals surface area contributed by atoms with E-state index in [4.69, 9.17) is 15.2 Å². The largest absolute Gasteiger partial charge is 0.493 e. The number of hydrogen-bond donors (Lipinski definition) is 2. The molecule has 8 heteroatoms. The van der Waals surface area contributed by atoms with Crippen LogP contribution in [0.3, 0.4) is 0 Å². The van der Waals surface area contributed by atoms with Crippen molar-refractivity contribution in [3.63, 3.8) is 0 Å². The van der Waals surface area contributed by atoms with Crippen LogP contribution in [0.2, 0.25) is 0 Å². The zero-order valence-electron chi connectivity index (χ0n) is 17.4. The normalized spacial score (nSPS) is 16.3. The number of amides is 1. The predicted molar refractivity (Wildman–Crippen MR) is 125 cm³/mol. The van der Waals surface area contributed by atoms with Gasteiger partial charge in [0.2, 0.25) is 5.91 Å². The summed E-state index contributed by atoms with van der Waals surface area (Å²) in [4.78, 5) is 18.9. The average molecular weight is 516 g/mol. The standard InChI is InChI=1S/C21H32N4O3.HI/c1-27-18-11-16-8-10-25(14-17(16)12-19(18)28-2)20(26)7-4-9-23-21(22)24-13-15-5-3-6-15;/h11-12,15H,3-10,13-14H2,1-2H3,(H3,22,23,24);1H. The van der Waals surface area contributed by atoms with Gasteiger partial charge in [0.05, 0.1) is 14.2 Å². The van der Waals surface area contributed by atoms with E-state index >= 15 is 0 Å². The number of nitrogens with zero attached hydrogens (tertiary/aromatic N) is 2. The first-order chi connectivity index (χ1) is 13.6.